The van der Waals surface area contributed by atoms with Crippen LogP contribution in [0.4, 0.5) is 11.4 Å². The monoisotopic (exact) mass is 377 g/mol. The Morgan fingerprint density at radius 1 is 1.08 bits per heavy atom. The van der Waals surface area contributed by atoms with Gasteiger partial charge < -0.3 is 25.8 Å². The van der Waals surface area contributed by atoms with Crippen molar-refractivity contribution in [1.29, 1.82) is 0 Å². The van der Waals surface area contributed by atoms with Crippen molar-refractivity contribution in [3.8, 4) is 11.5 Å². The van der Waals surface area contributed by atoms with Gasteiger partial charge in [-0.3, -0.25) is 9.59 Å². The molecule has 4 N–H and O–H groups in total. The molecule has 0 aliphatic rings. The number of carbonyl (C=O) groups excluding carboxylic acids is 2. The molecule has 0 radical (unpaired) electrons. The molecule has 0 unspecified atom stereocenters. The van der Waals surface area contributed by atoms with E-state index in [2.05, 4.69) is 10.6 Å². The number of amides is 2. The van der Waals surface area contributed by atoms with Gasteiger partial charge in [0.15, 0.2) is 0 Å². The van der Waals surface area contributed by atoms with Crippen LogP contribution >= 0.6 is 11.6 Å². The highest BCUT2D eigenvalue weighted by Crippen LogP contribution is 2.36. The van der Waals surface area contributed by atoms with Gasteiger partial charge in [0.25, 0.3) is 0 Å². The Labute approximate surface area is 156 Å². The molecule has 7 nitrogen and oxygen atoms in total. The lowest BCUT2D eigenvalue weighted by Crippen LogP contribution is -2.32. The van der Waals surface area contributed by atoms with Crippen LogP contribution in [-0.2, 0) is 4.79 Å². The zero-order chi connectivity index (χ0) is 19.3. The summed E-state index contributed by atoms with van der Waals surface area (Å²) in [6.07, 6.45) is 0. The van der Waals surface area contributed by atoms with E-state index in [1.807, 2.05) is 0 Å². The predicted molar refractivity (Wildman–Crippen MR) is 101 cm³/mol. The summed E-state index contributed by atoms with van der Waals surface area (Å²) in [4.78, 5) is 23.5. The van der Waals surface area contributed by atoms with Crippen LogP contribution in [0.25, 0.3) is 0 Å². The Morgan fingerprint density at radius 3 is 2.23 bits per heavy atom. The number of ether oxygens (including phenoxy) is 2. The molecule has 0 aromatic heterocycles. The van der Waals surface area contributed by atoms with Crippen molar-refractivity contribution in [3.63, 3.8) is 0 Å². The normalized spacial score (nSPS) is 11.4. The van der Waals surface area contributed by atoms with Crippen LogP contribution in [0.3, 0.4) is 0 Å². The van der Waals surface area contributed by atoms with Gasteiger partial charge in [0.1, 0.15) is 17.5 Å². The number of hydrogen-bond donors (Lipinski definition) is 3. The molecule has 138 valence electrons. The summed E-state index contributed by atoms with van der Waals surface area (Å²) < 4.78 is 10.4. The molecule has 2 aromatic rings. The molecule has 2 aromatic carbocycles. The van der Waals surface area contributed by atoms with E-state index in [1.54, 1.807) is 43.3 Å². The summed E-state index contributed by atoms with van der Waals surface area (Å²) in [6.45, 7) is 1.70. The third-order valence-electron chi connectivity index (χ3n) is 3.68. The van der Waals surface area contributed by atoms with Gasteiger partial charge in [-0.1, -0.05) is 11.6 Å². The zero-order valence-corrected chi connectivity index (χ0v) is 15.4. The highest BCUT2D eigenvalue weighted by Gasteiger charge is 2.17. The summed E-state index contributed by atoms with van der Waals surface area (Å²) >= 11 is 6.13. The summed E-state index contributed by atoms with van der Waals surface area (Å²) in [5.41, 5.74) is 6.67. The van der Waals surface area contributed by atoms with E-state index in [1.165, 1.54) is 14.2 Å². The van der Waals surface area contributed by atoms with Gasteiger partial charge in [-0.15, -0.1) is 0 Å². The van der Waals surface area contributed by atoms with Crippen LogP contribution in [0.1, 0.15) is 17.3 Å². The van der Waals surface area contributed by atoms with Gasteiger partial charge in [0.05, 0.1) is 24.9 Å². The number of hydrogen-bond acceptors (Lipinski definition) is 5. The molecule has 1 atom stereocenters. The second-order valence-electron chi connectivity index (χ2n) is 5.48. The summed E-state index contributed by atoms with van der Waals surface area (Å²) in [7, 11) is 3.02. The fourth-order valence-electron chi connectivity index (χ4n) is 2.24. The highest BCUT2D eigenvalue weighted by atomic mass is 35.5. The van der Waals surface area contributed by atoms with Gasteiger partial charge in [-0.05, 0) is 37.3 Å². The topological polar surface area (TPSA) is 103 Å². The molecule has 0 aliphatic carbocycles. The molecule has 2 amide bonds. The molecule has 0 saturated heterocycles. The number of nitrogens with one attached hydrogen (secondary N) is 2. The molecule has 0 bridgehead atoms. The van der Waals surface area contributed by atoms with Crippen molar-refractivity contribution < 1.29 is 19.1 Å². The fraction of sp³-hybridized carbons (Fsp3) is 0.222. The third kappa shape index (κ3) is 4.58. The van der Waals surface area contributed by atoms with Crippen LogP contribution in [0.5, 0.6) is 11.5 Å². The molecular formula is C18H20ClN3O4. The molecule has 0 aliphatic heterocycles. The lowest BCUT2D eigenvalue weighted by Gasteiger charge is -2.18. The minimum Gasteiger partial charge on any atom is -0.495 e. The number of methoxy groups -OCH3 is 2. The first-order chi connectivity index (χ1) is 12.3. The average molecular weight is 378 g/mol. The first-order valence-electron chi connectivity index (χ1n) is 7.74. The fourth-order valence-corrected chi connectivity index (χ4v) is 2.48. The van der Waals surface area contributed by atoms with E-state index in [9.17, 15) is 9.59 Å². The molecular weight excluding hydrogens is 358 g/mol. The van der Waals surface area contributed by atoms with E-state index in [-0.39, 0.29) is 5.91 Å². The van der Waals surface area contributed by atoms with Gasteiger partial charge in [-0.2, -0.15) is 0 Å². The smallest absolute Gasteiger partial charge is 0.248 e. The standard InChI is InChI=1S/C18H20ClN3O4/c1-10(18(24)22-12-6-4-11(5-7-12)17(20)23)21-14-8-13(19)15(25-2)9-16(14)26-3/h4-10,21H,1-3H3,(H2,20,23)(H,22,24)/t10-/m0/s1. The number of nitrogens with two attached hydrogens (primary N) is 1. The Hall–Kier alpha value is -2.93. The van der Waals surface area contributed by atoms with Crippen LogP contribution in [0, 0.1) is 0 Å². The Bertz CT molecular complexity index is 809. The summed E-state index contributed by atoms with van der Waals surface area (Å²) in [6, 6.07) is 8.99. The van der Waals surface area contributed by atoms with E-state index in [0.717, 1.165) is 0 Å². The van der Waals surface area contributed by atoms with E-state index < -0.39 is 11.9 Å². The molecule has 26 heavy (non-hydrogen) atoms. The van der Waals surface area contributed by atoms with Crippen molar-refractivity contribution in [2.24, 2.45) is 5.73 Å². The molecule has 2 rings (SSSR count). The average Bonchev–Trinajstić information content (AvgIpc) is 2.62. The van der Waals surface area contributed by atoms with Crippen LogP contribution < -0.4 is 25.8 Å². The molecule has 8 heteroatoms. The zero-order valence-electron chi connectivity index (χ0n) is 14.6. The van der Waals surface area contributed by atoms with Gasteiger partial charge in [0, 0.05) is 17.3 Å². The molecule has 0 fully saturated rings. The van der Waals surface area contributed by atoms with E-state index in [0.29, 0.717) is 33.5 Å². The summed E-state index contributed by atoms with van der Waals surface area (Å²) in [5.74, 6) is 0.171. The third-order valence-corrected chi connectivity index (χ3v) is 3.97. The van der Waals surface area contributed by atoms with E-state index >= 15 is 0 Å². The Kier molecular flexibility index (Phi) is 6.30. The maximum absolute atomic E-state index is 12.4. The van der Waals surface area contributed by atoms with Crippen LogP contribution in [-0.4, -0.2) is 32.1 Å². The van der Waals surface area contributed by atoms with Gasteiger partial charge in [-0.25, -0.2) is 0 Å². The number of carbonyl (C=O) groups is 2. The highest BCUT2D eigenvalue weighted by molar-refractivity contribution is 6.32. The van der Waals surface area contributed by atoms with E-state index in [4.69, 9.17) is 26.8 Å². The predicted octanol–water partition coefficient (Wildman–Crippen LogP) is 2.90. The van der Waals surface area contributed by atoms with Gasteiger partial charge >= 0.3 is 0 Å². The first kappa shape index (κ1) is 19.4. The van der Waals surface area contributed by atoms with Crippen LogP contribution in [0.2, 0.25) is 5.02 Å². The van der Waals surface area contributed by atoms with Crippen molar-refractivity contribution >= 4 is 34.8 Å². The van der Waals surface area contributed by atoms with Crippen molar-refractivity contribution in [1.82, 2.24) is 0 Å². The lowest BCUT2D eigenvalue weighted by molar-refractivity contribution is -0.116. The van der Waals surface area contributed by atoms with Crippen molar-refractivity contribution in [3.05, 3.63) is 47.0 Å². The second-order valence-corrected chi connectivity index (χ2v) is 5.89. The lowest BCUT2D eigenvalue weighted by atomic mass is 10.2. The SMILES string of the molecule is COc1cc(OC)c(N[C@@H](C)C(=O)Nc2ccc(C(N)=O)cc2)cc1Cl. The number of anilines is 2. The Morgan fingerprint density at radius 2 is 1.69 bits per heavy atom. The van der Waals surface area contributed by atoms with Crippen molar-refractivity contribution in [2.75, 3.05) is 24.9 Å². The number of rotatable bonds is 7. The second kappa shape index (κ2) is 8.44. The molecule has 0 spiro atoms. The first-order valence-corrected chi connectivity index (χ1v) is 8.12. The maximum atomic E-state index is 12.4. The minimum absolute atomic E-state index is 0.272. The van der Waals surface area contributed by atoms with Gasteiger partial charge in [0.2, 0.25) is 11.8 Å². The Balaban J connectivity index is 2.09. The maximum Gasteiger partial charge on any atom is 0.248 e. The quantitative estimate of drug-likeness (QED) is 0.688. The number of halogens is 1. The van der Waals surface area contributed by atoms with Crippen LogP contribution in [0.15, 0.2) is 36.4 Å². The largest absolute Gasteiger partial charge is 0.495 e. The molecule has 0 saturated carbocycles. The molecule has 0 heterocycles. The number of primary amides is 1. The van der Waals surface area contributed by atoms with Crippen molar-refractivity contribution in [2.45, 2.75) is 13.0 Å². The minimum atomic E-state index is -0.579. The number of benzene rings is 2. The summed E-state index contributed by atoms with van der Waals surface area (Å²) in [5, 5.41) is 6.20.